The number of rotatable bonds is 7. The van der Waals surface area contributed by atoms with Gasteiger partial charge in [-0.1, -0.05) is 45.0 Å². The Labute approximate surface area is 136 Å². The number of hydrogen-bond donors (Lipinski definition) is 0. The maximum absolute atomic E-state index is 12.8. The highest BCUT2D eigenvalue weighted by Crippen LogP contribution is 2.40. The Kier molecular flexibility index (Phi) is 6.66. The zero-order chi connectivity index (χ0) is 17.6. The molecule has 23 heavy (non-hydrogen) atoms. The van der Waals surface area contributed by atoms with Crippen LogP contribution in [0.15, 0.2) is 17.8 Å². The van der Waals surface area contributed by atoms with E-state index in [2.05, 4.69) is 11.7 Å². The van der Waals surface area contributed by atoms with Gasteiger partial charge in [0.05, 0.1) is 12.8 Å². The van der Waals surface area contributed by atoms with E-state index in [1.165, 1.54) is 13.2 Å². The SMILES string of the molecule is C=CCO/N=C(/CCC)[C@H]1C(=O)CC(C)(C)[C@H](C(=O)OC)C1=O. The molecule has 0 bridgehead atoms. The molecule has 0 aromatic carbocycles. The van der Waals surface area contributed by atoms with Gasteiger partial charge in [0.15, 0.2) is 5.78 Å². The number of ether oxygens (including phenoxy) is 1. The number of nitrogens with zero attached hydrogens (tertiary/aromatic N) is 1. The van der Waals surface area contributed by atoms with Crippen LogP contribution in [0.1, 0.15) is 40.0 Å². The van der Waals surface area contributed by atoms with Crippen LogP contribution in [0.4, 0.5) is 0 Å². The van der Waals surface area contributed by atoms with Gasteiger partial charge in [0.2, 0.25) is 0 Å². The van der Waals surface area contributed by atoms with E-state index in [-0.39, 0.29) is 18.8 Å². The van der Waals surface area contributed by atoms with Gasteiger partial charge in [-0.05, 0) is 11.8 Å². The summed E-state index contributed by atoms with van der Waals surface area (Å²) in [7, 11) is 1.24. The number of ketones is 2. The summed E-state index contributed by atoms with van der Waals surface area (Å²) in [5, 5.41) is 3.95. The molecular formula is C17H25NO5. The largest absolute Gasteiger partial charge is 0.468 e. The Morgan fingerprint density at radius 2 is 2.09 bits per heavy atom. The first kappa shape index (κ1) is 19.1. The molecule has 0 aromatic rings. The van der Waals surface area contributed by atoms with E-state index in [0.717, 1.165) is 0 Å². The molecule has 0 unspecified atom stereocenters. The van der Waals surface area contributed by atoms with Crippen molar-refractivity contribution in [3.63, 3.8) is 0 Å². The van der Waals surface area contributed by atoms with Gasteiger partial charge in [-0.3, -0.25) is 14.4 Å². The summed E-state index contributed by atoms with van der Waals surface area (Å²) in [4.78, 5) is 42.4. The summed E-state index contributed by atoms with van der Waals surface area (Å²) in [5.41, 5.74) is -0.398. The van der Waals surface area contributed by atoms with E-state index < -0.39 is 29.0 Å². The fourth-order valence-corrected chi connectivity index (χ4v) is 2.94. The lowest BCUT2D eigenvalue weighted by Gasteiger charge is -2.38. The lowest BCUT2D eigenvalue weighted by molar-refractivity contribution is -0.159. The lowest BCUT2D eigenvalue weighted by Crippen LogP contribution is -2.52. The van der Waals surface area contributed by atoms with Crippen molar-refractivity contribution < 1.29 is 24.0 Å². The molecule has 128 valence electrons. The zero-order valence-corrected chi connectivity index (χ0v) is 14.3. The van der Waals surface area contributed by atoms with Gasteiger partial charge < -0.3 is 9.57 Å². The topological polar surface area (TPSA) is 82.0 Å². The van der Waals surface area contributed by atoms with Crippen LogP contribution in [0.3, 0.4) is 0 Å². The molecule has 0 amide bonds. The van der Waals surface area contributed by atoms with Crippen LogP contribution in [0.25, 0.3) is 0 Å². The summed E-state index contributed by atoms with van der Waals surface area (Å²) in [6.07, 6.45) is 2.80. The molecular weight excluding hydrogens is 298 g/mol. The minimum absolute atomic E-state index is 0.118. The first-order valence-corrected chi connectivity index (χ1v) is 7.74. The van der Waals surface area contributed by atoms with Gasteiger partial charge in [-0.15, -0.1) is 0 Å². The molecule has 6 heteroatoms. The van der Waals surface area contributed by atoms with Gasteiger partial charge in [-0.2, -0.15) is 0 Å². The number of Topliss-reactive ketones (excluding diaryl/α,β-unsaturated/α-hetero) is 2. The third kappa shape index (κ3) is 4.27. The monoisotopic (exact) mass is 323 g/mol. The van der Waals surface area contributed by atoms with E-state index in [9.17, 15) is 14.4 Å². The van der Waals surface area contributed by atoms with Crippen LogP contribution < -0.4 is 0 Å². The molecule has 0 saturated heterocycles. The summed E-state index contributed by atoms with van der Waals surface area (Å²) in [6, 6.07) is 0. The van der Waals surface area contributed by atoms with Crippen molar-refractivity contribution in [1.82, 2.24) is 0 Å². The average molecular weight is 323 g/mol. The Hall–Kier alpha value is -1.98. The quantitative estimate of drug-likeness (QED) is 0.179. The van der Waals surface area contributed by atoms with E-state index in [4.69, 9.17) is 9.57 Å². The standard InChI is InChI=1S/C17H25NO5/c1-6-8-11(18-23-9-7-2)13-12(19)10-17(3,4)14(15(13)20)16(21)22-5/h7,13-14H,2,6,8-10H2,1,3-5H3/b18-11-/t13-,14-/m0/s1. The maximum atomic E-state index is 12.8. The van der Waals surface area contributed by atoms with Crippen LogP contribution in [0.2, 0.25) is 0 Å². The maximum Gasteiger partial charge on any atom is 0.316 e. The molecule has 0 N–H and O–H groups in total. The van der Waals surface area contributed by atoms with Crippen molar-refractivity contribution in [3.8, 4) is 0 Å². The molecule has 0 aromatic heterocycles. The molecule has 2 atom stereocenters. The van der Waals surface area contributed by atoms with Gasteiger partial charge in [0.1, 0.15) is 24.2 Å². The number of oxime groups is 1. The Morgan fingerprint density at radius 3 is 2.61 bits per heavy atom. The fraction of sp³-hybridized carbons (Fsp3) is 0.647. The number of carbonyl (C=O) groups is 3. The highest BCUT2D eigenvalue weighted by atomic mass is 16.6. The van der Waals surface area contributed by atoms with Crippen molar-refractivity contribution in [2.45, 2.75) is 40.0 Å². The third-order valence-corrected chi connectivity index (χ3v) is 3.95. The molecule has 0 spiro atoms. The van der Waals surface area contributed by atoms with Crippen LogP contribution in [0.5, 0.6) is 0 Å². The Bertz CT molecular complexity index is 521. The van der Waals surface area contributed by atoms with Crippen molar-refractivity contribution in [2.24, 2.45) is 22.4 Å². The van der Waals surface area contributed by atoms with Gasteiger partial charge in [-0.25, -0.2) is 0 Å². The molecule has 6 nitrogen and oxygen atoms in total. The minimum Gasteiger partial charge on any atom is -0.468 e. The highest BCUT2D eigenvalue weighted by Gasteiger charge is 2.53. The van der Waals surface area contributed by atoms with E-state index in [1.807, 2.05) is 6.92 Å². The lowest BCUT2D eigenvalue weighted by atomic mass is 9.63. The molecule has 1 fully saturated rings. The average Bonchev–Trinajstić information content (AvgIpc) is 2.45. The van der Waals surface area contributed by atoms with Gasteiger partial charge in [0, 0.05) is 6.42 Å². The number of esters is 1. The second-order valence-corrected chi connectivity index (χ2v) is 6.34. The predicted molar refractivity (Wildman–Crippen MR) is 85.9 cm³/mol. The predicted octanol–water partition coefficient (Wildman–Crippen LogP) is 2.32. The van der Waals surface area contributed by atoms with Gasteiger partial charge in [0.25, 0.3) is 0 Å². The number of carbonyl (C=O) groups excluding carboxylic acids is 3. The Morgan fingerprint density at radius 1 is 1.43 bits per heavy atom. The van der Waals surface area contributed by atoms with E-state index in [1.54, 1.807) is 13.8 Å². The first-order chi connectivity index (χ1) is 10.8. The molecule has 0 aliphatic heterocycles. The van der Waals surface area contributed by atoms with E-state index in [0.29, 0.717) is 18.6 Å². The van der Waals surface area contributed by atoms with Crippen molar-refractivity contribution in [1.29, 1.82) is 0 Å². The zero-order valence-electron chi connectivity index (χ0n) is 14.3. The molecule has 0 heterocycles. The molecule has 0 radical (unpaired) electrons. The second-order valence-electron chi connectivity index (χ2n) is 6.34. The normalized spacial score (nSPS) is 24.3. The number of hydrogen-bond acceptors (Lipinski definition) is 6. The highest BCUT2D eigenvalue weighted by molar-refractivity contribution is 6.26. The van der Waals surface area contributed by atoms with E-state index >= 15 is 0 Å². The van der Waals surface area contributed by atoms with Crippen LogP contribution in [-0.2, 0) is 24.0 Å². The molecule has 1 rings (SSSR count). The molecule has 1 saturated carbocycles. The van der Waals surface area contributed by atoms with Crippen LogP contribution in [-0.4, -0.2) is 37.0 Å². The fourth-order valence-electron chi connectivity index (χ4n) is 2.94. The smallest absolute Gasteiger partial charge is 0.316 e. The number of methoxy groups -OCH3 is 1. The van der Waals surface area contributed by atoms with Gasteiger partial charge >= 0.3 is 5.97 Å². The first-order valence-electron chi connectivity index (χ1n) is 7.74. The summed E-state index contributed by atoms with van der Waals surface area (Å²) in [5.74, 6) is -3.30. The summed E-state index contributed by atoms with van der Waals surface area (Å²) >= 11 is 0. The van der Waals surface area contributed by atoms with Crippen LogP contribution >= 0.6 is 0 Å². The van der Waals surface area contributed by atoms with Crippen LogP contribution in [0, 0.1) is 17.3 Å². The Balaban J connectivity index is 3.19. The van der Waals surface area contributed by atoms with Crippen molar-refractivity contribution >= 4 is 23.2 Å². The van der Waals surface area contributed by atoms with Crippen molar-refractivity contribution in [3.05, 3.63) is 12.7 Å². The van der Waals surface area contributed by atoms with Crippen molar-refractivity contribution in [2.75, 3.05) is 13.7 Å². The summed E-state index contributed by atoms with van der Waals surface area (Å²) in [6.45, 7) is 9.09. The molecule has 1 aliphatic rings. The third-order valence-electron chi connectivity index (χ3n) is 3.95. The molecule has 1 aliphatic carbocycles. The summed E-state index contributed by atoms with van der Waals surface area (Å²) < 4.78 is 4.76. The minimum atomic E-state index is -1.03. The second kappa shape index (κ2) is 8.04.